The predicted molar refractivity (Wildman–Crippen MR) is 131 cm³/mol. The van der Waals surface area contributed by atoms with Crippen LogP contribution < -0.4 is 4.72 Å². The quantitative estimate of drug-likeness (QED) is 0.583. The molecule has 2 atom stereocenters. The Kier molecular flexibility index (Phi) is 8.41. The molecule has 9 heteroatoms. The van der Waals surface area contributed by atoms with Gasteiger partial charge in [-0.05, 0) is 61.3 Å². The van der Waals surface area contributed by atoms with Crippen molar-refractivity contribution in [3.63, 3.8) is 0 Å². The van der Waals surface area contributed by atoms with Crippen LogP contribution in [0.25, 0.3) is 0 Å². The van der Waals surface area contributed by atoms with Gasteiger partial charge in [0.1, 0.15) is 12.4 Å². The van der Waals surface area contributed by atoms with Crippen molar-refractivity contribution in [1.82, 2.24) is 9.62 Å². The van der Waals surface area contributed by atoms with Gasteiger partial charge < -0.3 is 14.4 Å². The molecule has 35 heavy (non-hydrogen) atoms. The van der Waals surface area contributed by atoms with E-state index in [1.54, 1.807) is 17.0 Å². The van der Waals surface area contributed by atoms with Gasteiger partial charge in [0, 0.05) is 12.6 Å². The van der Waals surface area contributed by atoms with Gasteiger partial charge in [0.15, 0.2) is 0 Å². The van der Waals surface area contributed by atoms with Gasteiger partial charge in [-0.2, -0.15) is 0 Å². The SMILES string of the molecule is CS(=O)(=O)N[C@H]1CCN(C(=O)OCc2ccccc2)[C@H]1CO[C@H]1CC[C@@H](c2cccc(F)c2)CC1. The number of nitrogens with zero attached hydrogens (tertiary/aromatic N) is 1. The summed E-state index contributed by atoms with van der Waals surface area (Å²) in [5, 5.41) is 0. The minimum atomic E-state index is -3.44. The highest BCUT2D eigenvalue weighted by Crippen LogP contribution is 2.34. The number of ether oxygens (including phenoxy) is 2. The second-order valence-corrected chi connectivity index (χ2v) is 11.2. The lowest BCUT2D eigenvalue weighted by Crippen LogP contribution is -2.49. The van der Waals surface area contributed by atoms with Crippen molar-refractivity contribution >= 4 is 16.1 Å². The molecule has 0 unspecified atom stereocenters. The highest BCUT2D eigenvalue weighted by Gasteiger charge is 2.40. The number of halogens is 1. The molecule has 0 radical (unpaired) electrons. The van der Waals surface area contributed by atoms with E-state index in [-0.39, 0.29) is 25.1 Å². The summed E-state index contributed by atoms with van der Waals surface area (Å²) >= 11 is 0. The number of rotatable bonds is 8. The van der Waals surface area contributed by atoms with Crippen LogP contribution >= 0.6 is 0 Å². The van der Waals surface area contributed by atoms with Crippen molar-refractivity contribution in [3.8, 4) is 0 Å². The lowest BCUT2D eigenvalue weighted by Gasteiger charge is -2.32. The van der Waals surface area contributed by atoms with Crippen LogP contribution in [-0.2, 0) is 26.1 Å². The number of carbonyl (C=O) groups excluding carboxylic acids is 1. The highest BCUT2D eigenvalue weighted by molar-refractivity contribution is 7.88. The average Bonchev–Trinajstić information content (AvgIpc) is 3.23. The van der Waals surface area contributed by atoms with Crippen molar-refractivity contribution in [2.24, 2.45) is 0 Å². The molecule has 7 nitrogen and oxygen atoms in total. The molecule has 1 aliphatic carbocycles. The smallest absolute Gasteiger partial charge is 0.410 e. The lowest BCUT2D eigenvalue weighted by molar-refractivity contribution is -0.00749. The molecule has 1 saturated heterocycles. The monoisotopic (exact) mass is 504 g/mol. The molecule has 1 heterocycles. The molecule has 1 saturated carbocycles. The summed E-state index contributed by atoms with van der Waals surface area (Å²) < 4.78 is 51.8. The normalized spacial score (nSPS) is 24.9. The van der Waals surface area contributed by atoms with E-state index in [1.165, 1.54) is 6.07 Å². The molecule has 1 N–H and O–H groups in total. The molecular formula is C26H33FN2O5S. The number of sulfonamides is 1. The second kappa shape index (κ2) is 11.5. The Balaban J connectivity index is 1.34. The Bertz CT molecular complexity index is 1090. The summed E-state index contributed by atoms with van der Waals surface area (Å²) in [5.41, 5.74) is 1.90. The zero-order valence-corrected chi connectivity index (χ0v) is 20.8. The molecule has 1 amide bonds. The maximum absolute atomic E-state index is 13.6. The number of likely N-dealkylation sites (tertiary alicyclic amines) is 1. The van der Waals surface area contributed by atoms with Crippen molar-refractivity contribution in [3.05, 3.63) is 71.5 Å². The maximum Gasteiger partial charge on any atom is 0.410 e. The summed E-state index contributed by atoms with van der Waals surface area (Å²) in [4.78, 5) is 14.4. The molecule has 2 aliphatic rings. The molecule has 1 aliphatic heterocycles. The van der Waals surface area contributed by atoms with Gasteiger partial charge in [-0.15, -0.1) is 0 Å². The molecule has 2 fully saturated rings. The minimum absolute atomic E-state index is 0.0153. The largest absolute Gasteiger partial charge is 0.445 e. The van der Waals surface area contributed by atoms with Crippen LogP contribution in [0, 0.1) is 5.82 Å². The summed E-state index contributed by atoms with van der Waals surface area (Å²) in [5.74, 6) is 0.0897. The number of nitrogens with one attached hydrogen (secondary N) is 1. The van der Waals surface area contributed by atoms with E-state index in [9.17, 15) is 17.6 Å². The first-order chi connectivity index (χ1) is 16.8. The van der Waals surface area contributed by atoms with Crippen LogP contribution in [0.5, 0.6) is 0 Å². The molecule has 2 aromatic carbocycles. The van der Waals surface area contributed by atoms with Gasteiger partial charge in [-0.25, -0.2) is 22.3 Å². The van der Waals surface area contributed by atoms with E-state index in [0.717, 1.165) is 43.1 Å². The fraction of sp³-hybridized carbons (Fsp3) is 0.500. The molecular weight excluding hydrogens is 471 g/mol. The highest BCUT2D eigenvalue weighted by atomic mass is 32.2. The van der Waals surface area contributed by atoms with Crippen LogP contribution in [0.15, 0.2) is 54.6 Å². The number of benzene rings is 2. The molecule has 2 aromatic rings. The third-order valence-corrected chi connectivity index (χ3v) is 7.58. The van der Waals surface area contributed by atoms with Gasteiger partial charge in [-0.1, -0.05) is 42.5 Å². The van der Waals surface area contributed by atoms with Crippen molar-refractivity contribution < 1.29 is 27.1 Å². The first kappa shape index (κ1) is 25.6. The van der Waals surface area contributed by atoms with E-state index in [4.69, 9.17) is 9.47 Å². The van der Waals surface area contributed by atoms with Crippen LogP contribution in [0.2, 0.25) is 0 Å². The Labute approximate surface area is 206 Å². The van der Waals surface area contributed by atoms with Crippen LogP contribution in [-0.4, -0.2) is 57.0 Å². The summed E-state index contributed by atoms with van der Waals surface area (Å²) in [7, 11) is -3.44. The van der Waals surface area contributed by atoms with Crippen LogP contribution in [0.4, 0.5) is 9.18 Å². The van der Waals surface area contributed by atoms with Crippen LogP contribution in [0.1, 0.15) is 49.1 Å². The Morgan fingerprint density at radius 3 is 2.49 bits per heavy atom. The van der Waals surface area contributed by atoms with Crippen molar-refractivity contribution in [2.75, 3.05) is 19.4 Å². The average molecular weight is 505 g/mol. The molecule has 0 spiro atoms. The standard InChI is InChI=1S/C26H33FN2O5S/c1-35(31,32)28-24-14-15-29(26(30)34-17-19-6-3-2-4-7-19)25(24)18-33-23-12-10-20(11-13-23)21-8-5-9-22(27)16-21/h2-9,16,20,23-25,28H,10-15,17-18H2,1H3/t20-,23+,24-,25-/m0/s1. The first-order valence-corrected chi connectivity index (χ1v) is 14.0. The fourth-order valence-corrected chi connectivity index (χ4v) is 5.88. The number of hydrogen-bond donors (Lipinski definition) is 1. The molecule has 0 aromatic heterocycles. The van der Waals surface area contributed by atoms with Crippen molar-refractivity contribution in [1.29, 1.82) is 0 Å². The maximum atomic E-state index is 13.6. The van der Waals surface area contributed by atoms with E-state index in [0.29, 0.717) is 18.9 Å². The Hall–Kier alpha value is -2.49. The fourth-order valence-electron chi connectivity index (χ4n) is 5.06. The topological polar surface area (TPSA) is 84.9 Å². The zero-order chi connectivity index (χ0) is 24.8. The number of amides is 1. The van der Waals surface area contributed by atoms with E-state index >= 15 is 0 Å². The van der Waals surface area contributed by atoms with Crippen LogP contribution in [0.3, 0.4) is 0 Å². The third-order valence-electron chi connectivity index (χ3n) is 6.85. The van der Waals surface area contributed by atoms with E-state index in [1.807, 2.05) is 36.4 Å². The zero-order valence-electron chi connectivity index (χ0n) is 19.9. The predicted octanol–water partition coefficient (Wildman–Crippen LogP) is 4.20. The molecule has 0 bridgehead atoms. The molecule has 4 rings (SSSR count). The van der Waals surface area contributed by atoms with E-state index in [2.05, 4.69) is 4.72 Å². The number of carbonyl (C=O) groups is 1. The number of hydrogen-bond acceptors (Lipinski definition) is 5. The Morgan fingerprint density at radius 2 is 1.80 bits per heavy atom. The van der Waals surface area contributed by atoms with E-state index < -0.39 is 28.2 Å². The van der Waals surface area contributed by atoms with Gasteiger partial charge in [0.2, 0.25) is 10.0 Å². The van der Waals surface area contributed by atoms with Gasteiger partial charge in [0.25, 0.3) is 0 Å². The summed E-state index contributed by atoms with van der Waals surface area (Å²) in [6.45, 7) is 0.766. The minimum Gasteiger partial charge on any atom is -0.445 e. The van der Waals surface area contributed by atoms with Gasteiger partial charge in [-0.3, -0.25) is 0 Å². The Morgan fingerprint density at radius 1 is 1.06 bits per heavy atom. The molecule has 190 valence electrons. The first-order valence-electron chi connectivity index (χ1n) is 12.1. The third kappa shape index (κ3) is 7.25. The lowest BCUT2D eigenvalue weighted by atomic mass is 9.82. The second-order valence-electron chi connectivity index (χ2n) is 9.45. The van der Waals surface area contributed by atoms with Gasteiger partial charge >= 0.3 is 6.09 Å². The van der Waals surface area contributed by atoms with Crippen molar-refractivity contribution in [2.45, 2.75) is 62.8 Å². The van der Waals surface area contributed by atoms with Gasteiger partial charge in [0.05, 0.1) is 25.0 Å². The summed E-state index contributed by atoms with van der Waals surface area (Å²) in [6.07, 6.45) is 4.60. The summed E-state index contributed by atoms with van der Waals surface area (Å²) in [6, 6.07) is 15.3.